The van der Waals surface area contributed by atoms with Crippen LogP contribution in [-0.4, -0.2) is 11.0 Å². The van der Waals surface area contributed by atoms with Crippen molar-refractivity contribution in [2.24, 2.45) is 5.92 Å². The van der Waals surface area contributed by atoms with Gasteiger partial charge >= 0.3 is 5.97 Å². The third-order valence-corrected chi connectivity index (χ3v) is 2.29. The van der Waals surface area contributed by atoms with Crippen LogP contribution in [0.15, 0.2) is 22.8 Å². The zero-order chi connectivity index (χ0) is 9.26. The third-order valence-electron chi connectivity index (χ3n) is 1.82. The van der Waals surface area contributed by atoms with Gasteiger partial charge in [-0.3, -0.25) is 4.79 Å². The summed E-state index contributed by atoms with van der Waals surface area (Å²) in [5.41, 5.74) is 0. The van der Waals surface area contributed by atoms with Crippen LogP contribution in [0.5, 0.6) is 5.88 Å². The number of rotatable bonds is 2. The highest BCUT2D eigenvalue weighted by molar-refractivity contribution is 9.10. The SMILES string of the molecule is O=C(Oc1ccc(Br)cn1)C1CC1. The Balaban J connectivity index is 2.00. The minimum atomic E-state index is -0.158. The van der Waals surface area contributed by atoms with Gasteiger partial charge in [0.05, 0.1) is 5.92 Å². The number of hydrogen-bond donors (Lipinski definition) is 0. The summed E-state index contributed by atoms with van der Waals surface area (Å²) in [6, 6.07) is 3.47. The van der Waals surface area contributed by atoms with Crippen LogP contribution in [0.25, 0.3) is 0 Å². The van der Waals surface area contributed by atoms with Gasteiger partial charge in [0.2, 0.25) is 5.88 Å². The van der Waals surface area contributed by atoms with Crippen LogP contribution in [0.3, 0.4) is 0 Å². The number of halogens is 1. The predicted octanol–water partition coefficient (Wildman–Crippen LogP) is 2.16. The van der Waals surface area contributed by atoms with Crippen molar-refractivity contribution in [2.75, 3.05) is 0 Å². The van der Waals surface area contributed by atoms with E-state index in [1.165, 1.54) is 0 Å². The molecule has 4 heteroatoms. The summed E-state index contributed by atoms with van der Waals surface area (Å²) in [5, 5.41) is 0. The second-order valence-corrected chi connectivity index (χ2v) is 3.93. The second kappa shape index (κ2) is 3.46. The van der Waals surface area contributed by atoms with Crippen LogP contribution in [0, 0.1) is 5.92 Å². The van der Waals surface area contributed by atoms with E-state index in [0.717, 1.165) is 17.3 Å². The fourth-order valence-corrected chi connectivity index (χ4v) is 1.16. The van der Waals surface area contributed by atoms with Crippen molar-refractivity contribution >= 4 is 21.9 Å². The molecule has 0 aromatic carbocycles. The van der Waals surface area contributed by atoms with E-state index in [1.54, 1.807) is 18.3 Å². The summed E-state index contributed by atoms with van der Waals surface area (Å²) in [4.78, 5) is 15.1. The lowest BCUT2D eigenvalue weighted by Crippen LogP contribution is -2.10. The molecule has 0 bridgehead atoms. The molecule has 3 nitrogen and oxygen atoms in total. The largest absolute Gasteiger partial charge is 0.407 e. The standard InChI is InChI=1S/C9H8BrNO2/c10-7-3-4-8(11-5-7)13-9(12)6-1-2-6/h3-6H,1-2H2. The summed E-state index contributed by atoms with van der Waals surface area (Å²) in [6.45, 7) is 0. The highest BCUT2D eigenvalue weighted by Gasteiger charge is 2.31. The summed E-state index contributed by atoms with van der Waals surface area (Å²) in [6.07, 6.45) is 3.51. The number of nitrogens with zero attached hydrogens (tertiary/aromatic N) is 1. The molecule has 1 aliphatic carbocycles. The van der Waals surface area contributed by atoms with Gasteiger partial charge in [0.15, 0.2) is 0 Å². The van der Waals surface area contributed by atoms with Gasteiger partial charge in [-0.15, -0.1) is 0 Å². The summed E-state index contributed by atoms with van der Waals surface area (Å²) >= 11 is 3.25. The van der Waals surface area contributed by atoms with Crippen molar-refractivity contribution < 1.29 is 9.53 Å². The van der Waals surface area contributed by atoms with Gasteiger partial charge in [0.25, 0.3) is 0 Å². The van der Waals surface area contributed by atoms with Gasteiger partial charge in [-0.05, 0) is 34.8 Å². The number of pyridine rings is 1. The maximum absolute atomic E-state index is 11.2. The van der Waals surface area contributed by atoms with Crippen LogP contribution in [0.1, 0.15) is 12.8 Å². The predicted molar refractivity (Wildman–Crippen MR) is 50.3 cm³/mol. The minimum absolute atomic E-state index is 0.116. The number of esters is 1. The number of aromatic nitrogens is 1. The second-order valence-electron chi connectivity index (χ2n) is 3.01. The highest BCUT2D eigenvalue weighted by Crippen LogP contribution is 2.30. The average Bonchev–Trinajstić information content (AvgIpc) is 2.91. The Labute approximate surface area is 84.2 Å². The molecule has 0 saturated heterocycles. The zero-order valence-electron chi connectivity index (χ0n) is 6.87. The fraction of sp³-hybridized carbons (Fsp3) is 0.333. The molecular weight excluding hydrogens is 234 g/mol. The Hall–Kier alpha value is -0.900. The molecule has 2 rings (SSSR count). The Morgan fingerprint density at radius 2 is 2.31 bits per heavy atom. The monoisotopic (exact) mass is 241 g/mol. The lowest BCUT2D eigenvalue weighted by molar-refractivity contribution is -0.136. The van der Waals surface area contributed by atoms with Crippen molar-refractivity contribution in [3.05, 3.63) is 22.8 Å². The molecule has 1 fully saturated rings. The van der Waals surface area contributed by atoms with Crippen LogP contribution in [0.2, 0.25) is 0 Å². The Morgan fingerprint density at radius 1 is 1.54 bits per heavy atom. The lowest BCUT2D eigenvalue weighted by Gasteiger charge is -2.00. The molecule has 1 aliphatic rings. The van der Waals surface area contributed by atoms with Crippen molar-refractivity contribution in [3.63, 3.8) is 0 Å². The maximum Gasteiger partial charge on any atom is 0.315 e. The van der Waals surface area contributed by atoms with Gasteiger partial charge in [-0.25, -0.2) is 4.98 Å². The van der Waals surface area contributed by atoms with E-state index < -0.39 is 0 Å². The molecule has 0 N–H and O–H groups in total. The van der Waals surface area contributed by atoms with E-state index >= 15 is 0 Å². The number of hydrogen-bond acceptors (Lipinski definition) is 3. The minimum Gasteiger partial charge on any atom is -0.407 e. The molecular formula is C9H8BrNO2. The van der Waals surface area contributed by atoms with Crippen molar-refractivity contribution in [3.8, 4) is 5.88 Å². The molecule has 1 heterocycles. The fourth-order valence-electron chi connectivity index (χ4n) is 0.928. The number of carbonyl (C=O) groups excluding carboxylic acids is 1. The highest BCUT2D eigenvalue weighted by atomic mass is 79.9. The van der Waals surface area contributed by atoms with E-state index in [9.17, 15) is 4.79 Å². The van der Waals surface area contributed by atoms with Gasteiger partial charge in [0.1, 0.15) is 0 Å². The Morgan fingerprint density at radius 3 is 2.85 bits per heavy atom. The van der Waals surface area contributed by atoms with Crippen molar-refractivity contribution in [1.29, 1.82) is 0 Å². The molecule has 68 valence electrons. The topological polar surface area (TPSA) is 39.2 Å². The van der Waals surface area contributed by atoms with Crippen molar-refractivity contribution in [1.82, 2.24) is 4.98 Å². The third kappa shape index (κ3) is 2.28. The smallest absolute Gasteiger partial charge is 0.315 e. The molecule has 0 atom stereocenters. The first kappa shape index (κ1) is 8.69. The van der Waals surface area contributed by atoms with Crippen LogP contribution >= 0.6 is 15.9 Å². The molecule has 0 unspecified atom stereocenters. The normalized spacial score (nSPS) is 15.5. The summed E-state index contributed by atoms with van der Waals surface area (Å²) in [5.74, 6) is 0.334. The Bertz CT molecular complexity index is 319. The van der Waals surface area contributed by atoms with E-state index in [0.29, 0.717) is 5.88 Å². The first-order valence-corrected chi connectivity index (χ1v) is 4.88. The van der Waals surface area contributed by atoms with Gasteiger partial charge in [0, 0.05) is 16.7 Å². The maximum atomic E-state index is 11.2. The summed E-state index contributed by atoms with van der Waals surface area (Å²) in [7, 11) is 0. The number of ether oxygens (including phenoxy) is 1. The van der Waals surface area contributed by atoms with E-state index in [2.05, 4.69) is 20.9 Å². The van der Waals surface area contributed by atoms with Crippen LogP contribution in [0.4, 0.5) is 0 Å². The Kier molecular flexibility index (Phi) is 2.31. The van der Waals surface area contributed by atoms with E-state index in [4.69, 9.17) is 4.74 Å². The zero-order valence-corrected chi connectivity index (χ0v) is 8.45. The molecule has 0 aliphatic heterocycles. The average molecular weight is 242 g/mol. The molecule has 0 radical (unpaired) electrons. The van der Waals surface area contributed by atoms with Gasteiger partial charge in [-0.1, -0.05) is 0 Å². The molecule has 1 aromatic heterocycles. The first-order valence-electron chi connectivity index (χ1n) is 4.09. The molecule has 1 saturated carbocycles. The van der Waals surface area contributed by atoms with Gasteiger partial charge in [-0.2, -0.15) is 0 Å². The van der Waals surface area contributed by atoms with Crippen LogP contribution in [-0.2, 0) is 4.79 Å². The molecule has 1 aromatic rings. The molecule has 0 spiro atoms. The first-order chi connectivity index (χ1) is 6.25. The lowest BCUT2D eigenvalue weighted by atomic mass is 10.4. The van der Waals surface area contributed by atoms with Gasteiger partial charge < -0.3 is 4.74 Å². The summed E-state index contributed by atoms with van der Waals surface area (Å²) < 4.78 is 5.90. The van der Waals surface area contributed by atoms with Crippen LogP contribution < -0.4 is 4.74 Å². The number of carbonyl (C=O) groups is 1. The molecule has 13 heavy (non-hydrogen) atoms. The van der Waals surface area contributed by atoms with E-state index in [1.807, 2.05) is 0 Å². The van der Waals surface area contributed by atoms with Crippen molar-refractivity contribution in [2.45, 2.75) is 12.8 Å². The molecule has 0 amide bonds. The quantitative estimate of drug-likeness (QED) is 0.746. The van der Waals surface area contributed by atoms with E-state index in [-0.39, 0.29) is 11.9 Å².